The zero-order valence-electron chi connectivity index (χ0n) is 17.3. The predicted molar refractivity (Wildman–Crippen MR) is 114 cm³/mol. The Bertz CT molecular complexity index is 923. The number of hydrogen-bond donors (Lipinski definition) is 2. The van der Waals surface area contributed by atoms with Crippen LogP contribution in [0.5, 0.6) is 0 Å². The molecule has 152 valence electrons. The number of anilines is 2. The Labute approximate surface area is 171 Å². The highest BCUT2D eigenvalue weighted by molar-refractivity contribution is 6.00. The Hall–Kier alpha value is -3.15. The van der Waals surface area contributed by atoms with Gasteiger partial charge in [-0.15, -0.1) is 0 Å². The van der Waals surface area contributed by atoms with Crippen molar-refractivity contribution in [2.75, 3.05) is 24.2 Å². The van der Waals surface area contributed by atoms with E-state index >= 15 is 0 Å². The summed E-state index contributed by atoms with van der Waals surface area (Å²) in [6.45, 7) is 5.87. The minimum absolute atomic E-state index is 0.0274. The molecule has 0 heterocycles. The van der Waals surface area contributed by atoms with E-state index in [1.54, 1.807) is 31.3 Å². The summed E-state index contributed by atoms with van der Waals surface area (Å²) in [6, 6.07) is 10.8. The van der Waals surface area contributed by atoms with Crippen molar-refractivity contribution in [3.05, 3.63) is 58.7 Å². The highest BCUT2D eigenvalue weighted by Gasteiger charge is 2.29. The zero-order valence-corrected chi connectivity index (χ0v) is 17.3. The Balaban J connectivity index is 1.58. The zero-order chi connectivity index (χ0) is 21.1. The number of nitrogens with one attached hydrogen (secondary N) is 2. The molecule has 6 nitrogen and oxygen atoms in total. The lowest BCUT2D eigenvalue weighted by atomic mass is 10.1. The quantitative estimate of drug-likeness (QED) is 0.786. The molecule has 0 radical (unpaired) electrons. The van der Waals surface area contributed by atoms with Gasteiger partial charge in [-0.25, -0.2) is 0 Å². The van der Waals surface area contributed by atoms with E-state index in [4.69, 9.17) is 0 Å². The van der Waals surface area contributed by atoms with Crippen LogP contribution in [0.4, 0.5) is 11.4 Å². The Morgan fingerprint density at radius 2 is 1.55 bits per heavy atom. The Morgan fingerprint density at radius 1 is 0.966 bits per heavy atom. The second-order valence-corrected chi connectivity index (χ2v) is 7.82. The van der Waals surface area contributed by atoms with Crippen LogP contribution in [-0.4, -0.2) is 36.2 Å². The largest absolute Gasteiger partial charge is 0.332 e. The van der Waals surface area contributed by atoms with Gasteiger partial charge in [0.15, 0.2) is 0 Å². The van der Waals surface area contributed by atoms with Crippen LogP contribution in [0.2, 0.25) is 0 Å². The van der Waals surface area contributed by atoms with E-state index in [2.05, 4.69) is 10.6 Å². The fourth-order valence-electron chi connectivity index (χ4n) is 3.35. The van der Waals surface area contributed by atoms with Crippen LogP contribution in [0.3, 0.4) is 0 Å². The number of nitrogens with zero attached hydrogens (tertiary/aromatic N) is 1. The van der Waals surface area contributed by atoms with E-state index in [-0.39, 0.29) is 30.2 Å². The van der Waals surface area contributed by atoms with Crippen molar-refractivity contribution >= 4 is 29.1 Å². The van der Waals surface area contributed by atoms with E-state index in [1.165, 1.54) is 4.90 Å². The minimum atomic E-state index is -0.252. The first-order valence-electron chi connectivity index (χ1n) is 9.78. The second kappa shape index (κ2) is 8.47. The molecule has 0 unspecified atom stereocenters. The molecular weight excluding hydrogens is 366 g/mol. The maximum absolute atomic E-state index is 12.6. The average Bonchev–Trinajstić information content (AvgIpc) is 3.50. The topological polar surface area (TPSA) is 78.5 Å². The van der Waals surface area contributed by atoms with Crippen molar-refractivity contribution in [1.29, 1.82) is 0 Å². The first-order chi connectivity index (χ1) is 13.7. The summed E-state index contributed by atoms with van der Waals surface area (Å²) in [6.07, 6.45) is 1.88. The maximum Gasteiger partial charge on any atom is 0.254 e. The van der Waals surface area contributed by atoms with Crippen LogP contribution in [0.25, 0.3) is 0 Å². The fourth-order valence-corrected chi connectivity index (χ4v) is 3.35. The lowest BCUT2D eigenvalue weighted by molar-refractivity contribution is -0.117. The van der Waals surface area contributed by atoms with Gasteiger partial charge in [0.1, 0.15) is 0 Å². The highest BCUT2D eigenvalue weighted by atomic mass is 16.2. The predicted octanol–water partition coefficient (Wildman–Crippen LogP) is 3.67. The number of amides is 3. The van der Waals surface area contributed by atoms with Crippen molar-refractivity contribution in [1.82, 2.24) is 4.90 Å². The molecule has 0 spiro atoms. The third-order valence-corrected chi connectivity index (χ3v) is 5.02. The van der Waals surface area contributed by atoms with Gasteiger partial charge in [-0.05, 0) is 69.0 Å². The van der Waals surface area contributed by atoms with Gasteiger partial charge in [-0.2, -0.15) is 0 Å². The number of carbonyl (C=O) groups is 3. The summed E-state index contributed by atoms with van der Waals surface area (Å²) in [5.74, 6) is -0.344. The van der Waals surface area contributed by atoms with Crippen molar-refractivity contribution in [3.63, 3.8) is 0 Å². The molecule has 1 fully saturated rings. The SMILES string of the molecule is Cc1cc(C)c(NC(=O)CN(C)C(=O)c2ccc(NC(=O)C3CC3)cc2)c(C)c1. The monoisotopic (exact) mass is 393 g/mol. The second-order valence-electron chi connectivity index (χ2n) is 7.82. The molecule has 1 aliphatic carbocycles. The Kier molecular flexibility index (Phi) is 6.01. The molecule has 29 heavy (non-hydrogen) atoms. The van der Waals surface area contributed by atoms with Gasteiger partial charge in [0.2, 0.25) is 11.8 Å². The number of aryl methyl sites for hydroxylation is 3. The number of carbonyl (C=O) groups excluding carboxylic acids is 3. The molecule has 0 atom stereocenters. The first-order valence-corrected chi connectivity index (χ1v) is 9.78. The standard InChI is InChI=1S/C23H27N3O3/c1-14-11-15(2)21(16(3)12-14)25-20(27)13-26(4)23(29)18-7-9-19(10-8-18)24-22(28)17-5-6-17/h7-12,17H,5-6,13H2,1-4H3,(H,24,28)(H,25,27). The normalized spacial score (nSPS) is 13.0. The summed E-state index contributed by atoms with van der Waals surface area (Å²) in [7, 11) is 1.60. The van der Waals surface area contributed by atoms with Gasteiger partial charge in [0.25, 0.3) is 5.91 Å². The average molecular weight is 393 g/mol. The van der Waals surface area contributed by atoms with E-state index in [1.807, 2.05) is 32.9 Å². The molecule has 2 aromatic carbocycles. The van der Waals surface area contributed by atoms with Crippen molar-refractivity contribution in [2.24, 2.45) is 5.92 Å². The maximum atomic E-state index is 12.6. The third-order valence-electron chi connectivity index (χ3n) is 5.02. The molecule has 0 aromatic heterocycles. The summed E-state index contributed by atoms with van der Waals surface area (Å²) in [4.78, 5) is 38.3. The van der Waals surface area contributed by atoms with E-state index in [0.29, 0.717) is 11.3 Å². The van der Waals surface area contributed by atoms with Crippen molar-refractivity contribution in [3.8, 4) is 0 Å². The summed E-state index contributed by atoms with van der Waals surface area (Å²) < 4.78 is 0. The highest BCUT2D eigenvalue weighted by Crippen LogP contribution is 2.30. The molecule has 0 saturated heterocycles. The molecule has 2 aromatic rings. The van der Waals surface area contributed by atoms with E-state index in [0.717, 1.165) is 35.2 Å². The number of rotatable bonds is 6. The van der Waals surface area contributed by atoms with Crippen LogP contribution < -0.4 is 10.6 Å². The summed E-state index contributed by atoms with van der Waals surface area (Å²) in [5.41, 5.74) is 5.05. The molecule has 1 saturated carbocycles. The fraction of sp³-hybridized carbons (Fsp3) is 0.348. The molecule has 6 heteroatoms. The van der Waals surface area contributed by atoms with Gasteiger partial charge in [-0.3, -0.25) is 14.4 Å². The van der Waals surface area contributed by atoms with Gasteiger partial charge in [-0.1, -0.05) is 17.7 Å². The summed E-state index contributed by atoms with van der Waals surface area (Å²) >= 11 is 0. The number of likely N-dealkylation sites (N-methyl/N-ethyl adjacent to an activating group) is 1. The van der Waals surface area contributed by atoms with Gasteiger partial charge in [0.05, 0.1) is 6.54 Å². The van der Waals surface area contributed by atoms with Crippen LogP contribution in [0.15, 0.2) is 36.4 Å². The van der Waals surface area contributed by atoms with Gasteiger partial charge >= 0.3 is 0 Å². The third kappa shape index (κ3) is 5.22. The van der Waals surface area contributed by atoms with Gasteiger partial charge in [0, 0.05) is 29.9 Å². The Morgan fingerprint density at radius 3 is 2.10 bits per heavy atom. The summed E-state index contributed by atoms with van der Waals surface area (Å²) in [5, 5.41) is 5.76. The van der Waals surface area contributed by atoms with Crippen LogP contribution in [0, 0.1) is 26.7 Å². The minimum Gasteiger partial charge on any atom is -0.332 e. The smallest absolute Gasteiger partial charge is 0.254 e. The van der Waals surface area contributed by atoms with Crippen molar-refractivity contribution < 1.29 is 14.4 Å². The lowest BCUT2D eigenvalue weighted by Crippen LogP contribution is -2.35. The number of benzene rings is 2. The van der Waals surface area contributed by atoms with Crippen LogP contribution in [0.1, 0.15) is 39.9 Å². The molecule has 1 aliphatic rings. The van der Waals surface area contributed by atoms with Crippen LogP contribution >= 0.6 is 0 Å². The first kappa shape index (κ1) is 20.6. The van der Waals surface area contributed by atoms with Crippen molar-refractivity contribution in [2.45, 2.75) is 33.6 Å². The molecule has 3 amide bonds. The molecule has 0 bridgehead atoms. The molecule has 0 aliphatic heterocycles. The molecule has 2 N–H and O–H groups in total. The molecular formula is C23H27N3O3. The number of hydrogen-bond acceptors (Lipinski definition) is 3. The lowest BCUT2D eigenvalue weighted by Gasteiger charge is -2.19. The molecule has 3 rings (SSSR count). The van der Waals surface area contributed by atoms with E-state index < -0.39 is 0 Å². The van der Waals surface area contributed by atoms with E-state index in [9.17, 15) is 14.4 Å². The van der Waals surface area contributed by atoms with Crippen LogP contribution in [-0.2, 0) is 9.59 Å². The van der Waals surface area contributed by atoms with Gasteiger partial charge < -0.3 is 15.5 Å².